The molecule has 0 unspecified atom stereocenters. The van der Waals surface area contributed by atoms with E-state index in [0.717, 1.165) is 17.1 Å². The van der Waals surface area contributed by atoms with E-state index in [9.17, 15) is 22.9 Å². The van der Waals surface area contributed by atoms with Crippen LogP contribution in [0.2, 0.25) is 0 Å². The molecule has 3 aromatic rings. The molecule has 128 valence electrons. The Labute approximate surface area is 140 Å². The normalized spacial score (nSPS) is 11.4. The zero-order valence-electron chi connectivity index (χ0n) is 12.7. The van der Waals surface area contributed by atoms with Crippen molar-refractivity contribution in [1.82, 2.24) is 20.2 Å². The number of aromatic nitrogens is 4. The Kier molecular flexibility index (Phi) is 4.00. The topological polar surface area (TPSA) is 121 Å². The van der Waals surface area contributed by atoms with E-state index in [0.29, 0.717) is 5.56 Å². The molecule has 11 heteroatoms. The second-order valence-corrected chi connectivity index (χ2v) is 7.11. The van der Waals surface area contributed by atoms with E-state index in [4.69, 9.17) is 0 Å². The summed E-state index contributed by atoms with van der Waals surface area (Å²) in [6, 6.07) is 8.83. The third-order valence-electron chi connectivity index (χ3n) is 3.28. The van der Waals surface area contributed by atoms with Crippen LogP contribution in [-0.2, 0) is 9.84 Å². The Morgan fingerprint density at radius 1 is 1.20 bits per heavy atom. The van der Waals surface area contributed by atoms with Crippen molar-refractivity contribution < 1.29 is 17.7 Å². The minimum absolute atomic E-state index is 0.0625. The van der Waals surface area contributed by atoms with Gasteiger partial charge in [-0.3, -0.25) is 10.1 Å². The predicted octanol–water partition coefficient (Wildman–Crippen LogP) is 1.78. The molecule has 0 aliphatic heterocycles. The SMILES string of the molecule is CS(=O)(=O)c1ccc(-n2nnc(-c3cccc(F)c3)n2)c([N+](=O)[O-])c1. The fourth-order valence-corrected chi connectivity index (χ4v) is 2.75. The molecule has 0 bridgehead atoms. The second kappa shape index (κ2) is 6.02. The van der Waals surface area contributed by atoms with E-state index in [1.54, 1.807) is 6.07 Å². The summed E-state index contributed by atoms with van der Waals surface area (Å²) in [6.07, 6.45) is 0.946. The summed E-state index contributed by atoms with van der Waals surface area (Å²) in [5, 5.41) is 22.7. The average molecular weight is 363 g/mol. The van der Waals surface area contributed by atoms with E-state index < -0.39 is 26.3 Å². The first kappa shape index (κ1) is 16.6. The highest BCUT2D eigenvalue weighted by molar-refractivity contribution is 7.90. The predicted molar refractivity (Wildman–Crippen MR) is 84.3 cm³/mol. The van der Waals surface area contributed by atoms with Crippen LogP contribution < -0.4 is 0 Å². The number of nitrogens with zero attached hydrogens (tertiary/aromatic N) is 5. The highest BCUT2D eigenvalue weighted by Gasteiger charge is 2.22. The molecule has 0 saturated heterocycles. The molecule has 0 spiro atoms. The number of nitro benzene ring substituents is 1. The molecule has 0 aliphatic carbocycles. The lowest BCUT2D eigenvalue weighted by Crippen LogP contribution is -2.06. The van der Waals surface area contributed by atoms with Crippen LogP contribution >= 0.6 is 0 Å². The molecule has 0 saturated carbocycles. The Morgan fingerprint density at radius 2 is 1.96 bits per heavy atom. The quantitative estimate of drug-likeness (QED) is 0.511. The average Bonchev–Trinajstić information content (AvgIpc) is 3.03. The Hall–Kier alpha value is -3.21. The highest BCUT2D eigenvalue weighted by atomic mass is 32.2. The number of rotatable bonds is 4. The summed E-state index contributed by atoms with van der Waals surface area (Å²) in [7, 11) is -3.61. The molecule has 0 aliphatic rings. The molecular weight excluding hydrogens is 353 g/mol. The Balaban J connectivity index is 2.10. The van der Waals surface area contributed by atoms with Crippen molar-refractivity contribution in [3.05, 3.63) is 58.4 Å². The molecule has 0 N–H and O–H groups in total. The molecule has 3 rings (SSSR count). The van der Waals surface area contributed by atoms with E-state index in [-0.39, 0.29) is 16.4 Å². The number of halogens is 1. The largest absolute Gasteiger partial charge is 0.298 e. The van der Waals surface area contributed by atoms with E-state index in [1.807, 2.05) is 0 Å². The first-order chi connectivity index (χ1) is 11.8. The summed E-state index contributed by atoms with van der Waals surface area (Å²) in [4.78, 5) is 11.2. The highest BCUT2D eigenvalue weighted by Crippen LogP contribution is 2.26. The van der Waals surface area contributed by atoms with Gasteiger partial charge < -0.3 is 0 Å². The molecule has 0 amide bonds. The zero-order chi connectivity index (χ0) is 18.2. The monoisotopic (exact) mass is 363 g/mol. The number of sulfone groups is 1. The van der Waals surface area contributed by atoms with Gasteiger partial charge in [0.05, 0.1) is 9.82 Å². The van der Waals surface area contributed by atoms with Gasteiger partial charge in [0, 0.05) is 17.9 Å². The van der Waals surface area contributed by atoms with Crippen LogP contribution in [0, 0.1) is 15.9 Å². The van der Waals surface area contributed by atoms with Gasteiger partial charge in [0.15, 0.2) is 15.5 Å². The van der Waals surface area contributed by atoms with Crippen molar-refractivity contribution in [1.29, 1.82) is 0 Å². The number of hydrogen-bond acceptors (Lipinski definition) is 7. The summed E-state index contributed by atoms with van der Waals surface area (Å²) in [5.41, 5.74) is -0.208. The van der Waals surface area contributed by atoms with Gasteiger partial charge in [-0.25, -0.2) is 12.8 Å². The molecule has 25 heavy (non-hydrogen) atoms. The lowest BCUT2D eigenvalue weighted by Gasteiger charge is -2.03. The van der Waals surface area contributed by atoms with Crippen molar-refractivity contribution in [2.75, 3.05) is 6.26 Å². The van der Waals surface area contributed by atoms with Gasteiger partial charge in [0.25, 0.3) is 5.69 Å². The van der Waals surface area contributed by atoms with Crippen molar-refractivity contribution in [3.63, 3.8) is 0 Å². The number of hydrogen-bond donors (Lipinski definition) is 0. The minimum atomic E-state index is -3.61. The molecular formula is C14H10FN5O4S. The van der Waals surface area contributed by atoms with E-state index >= 15 is 0 Å². The standard InChI is InChI=1S/C14H10FN5O4S/c1-25(23,24)11-5-6-12(13(8-11)20(21)22)19-17-14(16-18-19)9-3-2-4-10(15)7-9/h2-8H,1H3. The number of benzene rings is 2. The molecule has 0 fully saturated rings. The lowest BCUT2D eigenvalue weighted by atomic mass is 10.2. The van der Waals surface area contributed by atoms with Crippen molar-refractivity contribution in [2.24, 2.45) is 0 Å². The summed E-state index contributed by atoms with van der Waals surface area (Å²) < 4.78 is 36.4. The van der Waals surface area contributed by atoms with Crippen molar-refractivity contribution in [2.45, 2.75) is 4.90 Å². The van der Waals surface area contributed by atoms with Gasteiger partial charge in [0.1, 0.15) is 5.82 Å². The maximum Gasteiger partial charge on any atom is 0.298 e. The lowest BCUT2D eigenvalue weighted by molar-refractivity contribution is -0.384. The fraction of sp³-hybridized carbons (Fsp3) is 0.0714. The van der Waals surface area contributed by atoms with Crippen molar-refractivity contribution in [3.8, 4) is 17.1 Å². The first-order valence-corrected chi connectivity index (χ1v) is 8.70. The third-order valence-corrected chi connectivity index (χ3v) is 4.39. The van der Waals surface area contributed by atoms with E-state index in [2.05, 4.69) is 15.4 Å². The number of tetrazole rings is 1. The van der Waals surface area contributed by atoms with Crippen LogP contribution in [0.4, 0.5) is 10.1 Å². The molecule has 0 atom stereocenters. The minimum Gasteiger partial charge on any atom is -0.258 e. The maximum atomic E-state index is 13.3. The molecule has 1 aromatic heterocycles. The van der Waals surface area contributed by atoms with E-state index in [1.165, 1.54) is 30.3 Å². The van der Waals surface area contributed by atoms with Gasteiger partial charge in [-0.05, 0) is 29.5 Å². The van der Waals surface area contributed by atoms with Gasteiger partial charge in [0.2, 0.25) is 5.82 Å². The maximum absolute atomic E-state index is 13.3. The summed E-state index contributed by atoms with van der Waals surface area (Å²) >= 11 is 0. The summed E-state index contributed by atoms with van der Waals surface area (Å²) in [5.74, 6) is -0.418. The van der Waals surface area contributed by atoms with Crippen LogP contribution in [0.25, 0.3) is 17.1 Å². The van der Waals surface area contributed by atoms with Crippen LogP contribution in [0.15, 0.2) is 47.4 Å². The smallest absolute Gasteiger partial charge is 0.258 e. The molecule has 2 aromatic carbocycles. The molecule has 9 nitrogen and oxygen atoms in total. The Morgan fingerprint density at radius 3 is 2.60 bits per heavy atom. The second-order valence-electron chi connectivity index (χ2n) is 5.09. The summed E-state index contributed by atoms with van der Waals surface area (Å²) in [6.45, 7) is 0. The fourth-order valence-electron chi connectivity index (χ4n) is 2.11. The van der Waals surface area contributed by atoms with Crippen LogP contribution in [-0.4, -0.2) is 39.8 Å². The van der Waals surface area contributed by atoms with Gasteiger partial charge in [-0.1, -0.05) is 12.1 Å². The van der Waals surface area contributed by atoms with Gasteiger partial charge >= 0.3 is 0 Å². The third kappa shape index (κ3) is 3.35. The zero-order valence-corrected chi connectivity index (χ0v) is 13.5. The molecule has 1 heterocycles. The first-order valence-electron chi connectivity index (χ1n) is 6.80. The molecule has 0 radical (unpaired) electrons. The van der Waals surface area contributed by atoms with Gasteiger partial charge in [-0.2, -0.15) is 0 Å². The van der Waals surface area contributed by atoms with Crippen LogP contribution in [0.5, 0.6) is 0 Å². The number of nitro groups is 1. The van der Waals surface area contributed by atoms with Crippen LogP contribution in [0.1, 0.15) is 0 Å². The van der Waals surface area contributed by atoms with Gasteiger partial charge in [-0.15, -0.1) is 15.0 Å². The van der Waals surface area contributed by atoms with Crippen molar-refractivity contribution >= 4 is 15.5 Å². The Bertz CT molecular complexity index is 1080. The van der Waals surface area contributed by atoms with Crippen LogP contribution in [0.3, 0.4) is 0 Å².